The van der Waals surface area contributed by atoms with Gasteiger partial charge in [0, 0.05) is 18.6 Å². The Balaban J connectivity index is 2.57. The lowest BCUT2D eigenvalue weighted by atomic mass is 9.93. The van der Waals surface area contributed by atoms with Crippen molar-refractivity contribution in [3.05, 3.63) is 0 Å². The van der Waals surface area contributed by atoms with Crippen molar-refractivity contribution in [2.75, 3.05) is 20.1 Å². The fourth-order valence-corrected chi connectivity index (χ4v) is 3.10. The zero-order chi connectivity index (χ0) is 14.4. The van der Waals surface area contributed by atoms with E-state index >= 15 is 0 Å². The molecule has 1 atom stereocenters. The van der Waals surface area contributed by atoms with E-state index in [2.05, 4.69) is 18.7 Å². The number of nitrogens with zero attached hydrogens (tertiary/aromatic N) is 2. The Bertz CT molecular complexity index is 273. The molecule has 1 unspecified atom stereocenters. The van der Waals surface area contributed by atoms with Crippen LogP contribution >= 0.6 is 0 Å². The number of hydrogen-bond donors (Lipinski definition) is 1. The SMILES string of the molecule is CC(O)CN(C)CC(=O)N(C(C)C)C1CCCCC1. The molecule has 0 aromatic carbocycles. The van der Waals surface area contributed by atoms with E-state index in [-0.39, 0.29) is 18.1 Å². The van der Waals surface area contributed by atoms with Gasteiger partial charge >= 0.3 is 0 Å². The summed E-state index contributed by atoms with van der Waals surface area (Å²) in [7, 11) is 1.89. The van der Waals surface area contributed by atoms with Gasteiger partial charge in [0.15, 0.2) is 0 Å². The third-order valence-corrected chi connectivity index (χ3v) is 3.79. The van der Waals surface area contributed by atoms with Gasteiger partial charge in [-0.3, -0.25) is 9.69 Å². The Morgan fingerprint density at radius 1 is 1.21 bits per heavy atom. The Kier molecular flexibility index (Phi) is 6.80. The molecule has 1 saturated carbocycles. The fraction of sp³-hybridized carbons (Fsp3) is 0.933. The van der Waals surface area contributed by atoms with Crippen molar-refractivity contribution in [2.24, 2.45) is 0 Å². The first-order chi connectivity index (χ1) is 8.91. The van der Waals surface area contributed by atoms with Crippen molar-refractivity contribution in [1.29, 1.82) is 0 Å². The molecular weight excluding hydrogens is 240 g/mol. The number of amides is 1. The Morgan fingerprint density at radius 3 is 2.26 bits per heavy atom. The maximum Gasteiger partial charge on any atom is 0.237 e. The molecule has 4 nitrogen and oxygen atoms in total. The molecule has 4 heteroatoms. The van der Waals surface area contributed by atoms with Crippen LogP contribution in [0.15, 0.2) is 0 Å². The minimum atomic E-state index is -0.389. The predicted octanol–water partition coefficient (Wildman–Crippen LogP) is 1.87. The van der Waals surface area contributed by atoms with Crippen LogP contribution < -0.4 is 0 Å². The molecule has 19 heavy (non-hydrogen) atoms. The highest BCUT2D eigenvalue weighted by atomic mass is 16.3. The van der Waals surface area contributed by atoms with E-state index in [1.165, 1.54) is 19.3 Å². The lowest BCUT2D eigenvalue weighted by molar-refractivity contribution is -0.137. The van der Waals surface area contributed by atoms with E-state index in [9.17, 15) is 9.90 Å². The lowest BCUT2D eigenvalue weighted by Crippen LogP contribution is -2.49. The normalized spacial score (nSPS) is 18.9. The van der Waals surface area contributed by atoms with Crippen LogP contribution in [0.2, 0.25) is 0 Å². The summed E-state index contributed by atoms with van der Waals surface area (Å²) in [5.41, 5.74) is 0. The summed E-state index contributed by atoms with van der Waals surface area (Å²) in [5, 5.41) is 9.37. The monoisotopic (exact) mass is 270 g/mol. The molecule has 1 N–H and O–H groups in total. The molecule has 0 bridgehead atoms. The van der Waals surface area contributed by atoms with E-state index in [0.717, 1.165) is 12.8 Å². The van der Waals surface area contributed by atoms with Gasteiger partial charge < -0.3 is 10.0 Å². The minimum absolute atomic E-state index is 0.199. The molecular formula is C15H30N2O2. The van der Waals surface area contributed by atoms with Gasteiger partial charge in [0.25, 0.3) is 0 Å². The molecule has 112 valence electrons. The molecule has 0 heterocycles. The van der Waals surface area contributed by atoms with E-state index in [1.54, 1.807) is 6.92 Å². The fourth-order valence-electron chi connectivity index (χ4n) is 3.10. The molecule has 0 aromatic rings. The number of carbonyl (C=O) groups excluding carboxylic acids is 1. The second kappa shape index (κ2) is 7.85. The summed E-state index contributed by atoms with van der Waals surface area (Å²) >= 11 is 0. The zero-order valence-electron chi connectivity index (χ0n) is 12.9. The van der Waals surface area contributed by atoms with Gasteiger partial charge in [0.1, 0.15) is 0 Å². The standard InChI is InChI=1S/C15H30N2O2/c1-12(2)17(14-8-6-5-7-9-14)15(19)11-16(4)10-13(3)18/h12-14,18H,5-11H2,1-4H3. The molecule has 0 saturated heterocycles. The molecule has 0 radical (unpaired) electrons. The highest BCUT2D eigenvalue weighted by Gasteiger charge is 2.27. The zero-order valence-corrected chi connectivity index (χ0v) is 12.9. The van der Waals surface area contributed by atoms with Gasteiger partial charge in [0.05, 0.1) is 12.6 Å². The number of likely N-dealkylation sites (N-methyl/N-ethyl adjacent to an activating group) is 1. The van der Waals surface area contributed by atoms with Crippen LogP contribution in [0.1, 0.15) is 52.9 Å². The molecule has 0 aliphatic heterocycles. The van der Waals surface area contributed by atoms with Crippen molar-refractivity contribution in [3.63, 3.8) is 0 Å². The van der Waals surface area contributed by atoms with Crippen LogP contribution in [-0.4, -0.2) is 59.1 Å². The van der Waals surface area contributed by atoms with Crippen molar-refractivity contribution in [1.82, 2.24) is 9.80 Å². The second-order valence-corrected chi connectivity index (χ2v) is 6.23. The highest BCUT2D eigenvalue weighted by Crippen LogP contribution is 2.24. The third-order valence-electron chi connectivity index (χ3n) is 3.79. The summed E-state index contributed by atoms with van der Waals surface area (Å²) in [5.74, 6) is 0.199. The summed E-state index contributed by atoms with van der Waals surface area (Å²) in [6.45, 7) is 6.90. The molecule has 1 fully saturated rings. The van der Waals surface area contributed by atoms with Crippen LogP contribution in [0, 0.1) is 0 Å². The van der Waals surface area contributed by atoms with Gasteiger partial charge in [-0.05, 0) is 40.7 Å². The first kappa shape index (κ1) is 16.4. The number of carbonyl (C=O) groups is 1. The van der Waals surface area contributed by atoms with Crippen LogP contribution in [0.5, 0.6) is 0 Å². The summed E-state index contributed by atoms with van der Waals surface area (Å²) in [6.07, 6.45) is 5.68. The van der Waals surface area contributed by atoms with Gasteiger partial charge in [-0.25, -0.2) is 0 Å². The molecule has 1 amide bonds. The van der Waals surface area contributed by atoms with Crippen LogP contribution in [0.4, 0.5) is 0 Å². The van der Waals surface area contributed by atoms with Gasteiger partial charge in [-0.15, -0.1) is 0 Å². The average Bonchev–Trinajstić information content (AvgIpc) is 2.28. The van der Waals surface area contributed by atoms with Crippen LogP contribution in [-0.2, 0) is 4.79 Å². The van der Waals surface area contributed by atoms with Crippen molar-refractivity contribution < 1.29 is 9.90 Å². The summed E-state index contributed by atoms with van der Waals surface area (Å²) < 4.78 is 0. The Morgan fingerprint density at radius 2 is 1.79 bits per heavy atom. The molecule has 1 aliphatic carbocycles. The highest BCUT2D eigenvalue weighted by molar-refractivity contribution is 5.78. The quantitative estimate of drug-likeness (QED) is 0.801. The molecule has 0 aromatic heterocycles. The van der Waals surface area contributed by atoms with Crippen molar-refractivity contribution in [2.45, 2.75) is 71.1 Å². The number of aliphatic hydroxyl groups excluding tert-OH is 1. The van der Waals surface area contributed by atoms with Gasteiger partial charge in [0.2, 0.25) is 5.91 Å². The second-order valence-electron chi connectivity index (χ2n) is 6.23. The Labute approximate surface area is 117 Å². The average molecular weight is 270 g/mol. The van der Waals surface area contributed by atoms with E-state index in [1.807, 2.05) is 11.9 Å². The third kappa shape index (κ3) is 5.49. The smallest absolute Gasteiger partial charge is 0.237 e. The van der Waals surface area contributed by atoms with E-state index in [4.69, 9.17) is 0 Å². The maximum atomic E-state index is 12.5. The number of rotatable bonds is 6. The number of aliphatic hydroxyl groups is 1. The van der Waals surface area contributed by atoms with Crippen molar-refractivity contribution >= 4 is 5.91 Å². The molecule has 1 rings (SSSR count). The summed E-state index contributed by atoms with van der Waals surface area (Å²) in [4.78, 5) is 16.5. The van der Waals surface area contributed by atoms with Gasteiger partial charge in [-0.2, -0.15) is 0 Å². The molecule has 0 spiro atoms. The minimum Gasteiger partial charge on any atom is -0.392 e. The topological polar surface area (TPSA) is 43.8 Å². The van der Waals surface area contributed by atoms with Crippen LogP contribution in [0.25, 0.3) is 0 Å². The van der Waals surface area contributed by atoms with Crippen LogP contribution in [0.3, 0.4) is 0 Å². The first-order valence-electron chi connectivity index (χ1n) is 7.59. The number of hydrogen-bond acceptors (Lipinski definition) is 3. The van der Waals surface area contributed by atoms with Crippen molar-refractivity contribution in [3.8, 4) is 0 Å². The van der Waals surface area contributed by atoms with Gasteiger partial charge in [-0.1, -0.05) is 19.3 Å². The predicted molar refractivity (Wildman–Crippen MR) is 78.0 cm³/mol. The van der Waals surface area contributed by atoms with E-state index < -0.39 is 0 Å². The molecule has 1 aliphatic rings. The Hall–Kier alpha value is -0.610. The van der Waals surface area contributed by atoms with E-state index in [0.29, 0.717) is 19.1 Å². The lowest BCUT2D eigenvalue weighted by Gasteiger charge is -2.38. The first-order valence-corrected chi connectivity index (χ1v) is 7.59. The maximum absolute atomic E-state index is 12.5. The largest absolute Gasteiger partial charge is 0.392 e. The summed E-state index contributed by atoms with van der Waals surface area (Å²) in [6, 6.07) is 0.678.